The van der Waals surface area contributed by atoms with Gasteiger partial charge in [0.1, 0.15) is 0 Å². The molecule has 0 aliphatic rings. The molecule has 0 saturated heterocycles. The Labute approximate surface area is 173 Å². The predicted molar refractivity (Wildman–Crippen MR) is 111 cm³/mol. The maximum Gasteiger partial charge on any atom is 0.251 e. The van der Waals surface area contributed by atoms with E-state index in [2.05, 4.69) is 38.9 Å². The summed E-state index contributed by atoms with van der Waals surface area (Å²) in [4.78, 5) is 16.4. The third-order valence-electron chi connectivity index (χ3n) is 3.95. The van der Waals surface area contributed by atoms with Crippen molar-refractivity contribution < 1.29 is 4.79 Å². The molecule has 146 valence electrons. The summed E-state index contributed by atoms with van der Waals surface area (Å²) in [5, 5.41) is 12.9. The molecule has 3 rings (SSSR count). The number of halogens is 1. The van der Waals surface area contributed by atoms with Gasteiger partial charge in [-0.15, -0.1) is 10.2 Å². The minimum Gasteiger partial charge on any atom is -0.345 e. The van der Waals surface area contributed by atoms with E-state index in [1.165, 1.54) is 5.56 Å². The Morgan fingerprint density at radius 3 is 2.71 bits per heavy atom. The summed E-state index contributed by atoms with van der Waals surface area (Å²) in [7, 11) is 0. The highest BCUT2D eigenvalue weighted by molar-refractivity contribution is 7.98. The van der Waals surface area contributed by atoms with E-state index >= 15 is 0 Å². The van der Waals surface area contributed by atoms with Gasteiger partial charge in [0, 0.05) is 35.3 Å². The third-order valence-corrected chi connectivity index (χ3v) is 5.23. The number of nitrogens with zero attached hydrogens (tertiary/aromatic N) is 4. The first kappa shape index (κ1) is 20.4. The first-order chi connectivity index (χ1) is 13.5. The van der Waals surface area contributed by atoms with Crippen molar-refractivity contribution in [2.75, 3.05) is 0 Å². The molecule has 0 fully saturated rings. The smallest absolute Gasteiger partial charge is 0.251 e. The molecule has 28 heavy (non-hydrogen) atoms. The molecule has 0 atom stereocenters. The zero-order valence-corrected chi connectivity index (χ0v) is 17.4. The van der Waals surface area contributed by atoms with Crippen molar-refractivity contribution in [3.63, 3.8) is 0 Å². The van der Waals surface area contributed by atoms with E-state index in [0.29, 0.717) is 23.0 Å². The van der Waals surface area contributed by atoms with Crippen molar-refractivity contribution in [2.45, 2.75) is 37.8 Å². The van der Waals surface area contributed by atoms with Gasteiger partial charge in [-0.2, -0.15) is 0 Å². The van der Waals surface area contributed by atoms with Crippen LogP contribution in [0.4, 0.5) is 0 Å². The zero-order chi connectivity index (χ0) is 19.9. The summed E-state index contributed by atoms with van der Waals surface area (Å²) in [6.45, 7) is 5.38. The molecule has 6 nitrogen and oxygen atoms in total. The molecule has 1 N–H and O–H groups in total. The van der Waals surface area contributed by atoms with Crippen LogP contribution in [0.15, 0.2) is 53.9 Å². The topological polar surface area (TPSA) is 72.7 Å². The fourth-order valence-electron chi connectivity index (χ4n) is 2.62. The average molecular weight is 416 g/mol. The van der Waals surface area contributed by atoms with Gasteiger partial charge in [-0.25, -0.2) is 0 Å². The molecular weight excluding hydrogens is 394 g/mol. The summed E-state index contributed by atoms with van der Waals surface area (Å²) in [5.74, 6) is 1.76. The number of amides is 1. The number of hydrogen-bond acceptors (Lipinski definition) is 5. The van der Waals surface area contributed by atoms with Crippen LogP contribution in [-0.2, 0) is 18.8 Å². The number of hydrogen-bond donors (Lipinski definition) is 1. The van der Waals surface area contributed by atoms with Gasteiger partial charge in [0.25, 0.3) is 5.91 Å². The van der Waals surface area contributed by atoms with E-state index < -0.39 is 0 Å². The van der Waals surface area contributed by atoms with Crippen molar-refractivity contribution in [1.29, 1.82) is 0 Å². The minimum absolute atomic E-state index is 0.187. The average Bonchev–Trinajstić information content (AvgIpc) is 3.06. The van der Waals surface area contributed by atoms with Crippen molar-refractivity contribution >= 4 is 29.3 Å². The molecule has 1 aromatic carbocycles. The summed E-state index contributed by atoms with van der Waals surface area (Å²) >= 11 is 7.59. The quantitative estimate of drug-likeness (QED) is 0.558. The lowest BCUT2D eigenvalue weighted by atomic mass is 10.2. The second kappa shape index (κ2) is 9.71. The number of carbonyl (C=O) groups is 1. The molecule has 0 bridgehead atoms. The highest BCUT2D eigenvalue weighted by atomic mass is 35.5. The summed E-state index contributed by atoms with van der Waals surface area (Å²) in [6.07, 6.45) is 3.57. The lowest BCUT2D eigenvalue weighted by molar-refractivity contribution is 0.0949. The van der Waals surface area contributed by atoms with E-state index in [1.54, 1.807) is 48.4 Å². The second-order valence-corrected chi connectivity index (χ2v) is 8.12. The Kier molecular flexibility index (Phi) is 7.06. The molecule has 0 spiro atoms. The Hall–Kier alpha value is -2.38. The lowest BCUT2D eigenvalue weighted by Crippen LogP contribution is -2.25. The number of carbonyl (C=O) groups excluding carboxylic acids is 1. The molecule has 1 amide bonds. The van der Waals surface area contributed by atoms with Crippen LogP contribution in [0, 0.1) is 5.92 Å². The number of pyridine rings is 1. The Morgan fingerprint density at radius 2 is 2.00 bits per heavy atom. The van der Waals surface area contributed by atoms with Crippen LogP contribution in [0.5, 0.6) is 0 Å². The third kappa shape index (κ3) is 5.56. The van der Waals surface area contributed by atoms with Crippen molar-refractivity contribution in [2.24, 2.45) is 5.92 Å². The van der Waals surface area contributed by atoms with E-state index in [4.69, 9.17) is 11.6 Å². The second-order valence-electron chi connectivity index (χ2n) is 6.74. The van der Waals surface area contributed by atoms with Crippen molar-refractivity contribution in [1.82, 2.24) is 25.1 Å². The molecule has 0 saturated carbocycles. The first-order valence-corrected chi connectivity index (χ1v) is 10.4. The van der Waals surface area contributed by atoms with Gasteiger partial charge >= 0.3 is 0 Å². The Bertz CT molecular complexity index is 929. The van der Waals surface area contributed by atoms with Gasteiger partial charge < -0.3 is 9.88 Å². The van der Waals surface area contributed by atoms with Crippen LogP contribution in [0.3, 0.4) is 0 Å². The highest BCUT2D eigenvalue weighted by Gasteiger charge is 2.15. The van der Waals surface area contributed by atoms with Crippen LogP contribution in [0.25, 0.3) is 0 Å². The van der Waals surface area contributed by atoms with E-state index in [1.807, 2.05) is 12.1 Å². The minimum atomic E-state index is -0.187. The summed E-state index contributed by atoms with van der Waals surface area (Å²) < 4.78 is 2.08. The number of benzene rings is 1. The highest BCUT2D eigenvalue weighted by Crippen LogP contribution is 2.23. The molecule has 0 unspecified atom stereocenters. The molecule has 0 radical (unpaired) electrons. The SMILES string of the molecule is CC(C)Cn1c(CNC(=O)c2cccc(Cl)c2)nnc1SCc1ccncc1. The number of rotatable bonds is 8. The van der Waals surface area contributed by atoms with E-state index in [0.717, 1.165) is 23.3 Å². The molecule has 3 aromatic rings. The van der Waals surface area contributed by atoms with Crippen LogP contribution in [0.2, 0.25) is 5.02 Å². The van der Waals surface area contributed by atoms with Crippen LogP contribution in [0.1, 0.15) is 35.6 Å². The van der Waals surface area contributed by atoms with Crippen LogP contribution in [-0.4, -0.2) is 25.7 Å². The van der Waals surface area contributed by atoms with Crippen molar-refractivity contribution in [3.05, 3.63) is 70.8 Å². The molecule has 8 heteroatoms. The molecule has 2 heterocycles. The monoisotopic (exact) mass is 415 g/mol. The largest absolute Gasteiger partial charge is 0.345 e. The molecule has 0 aliphatic carbocycles. The summed E-state index contributed by atoms with van der Waals surface area (Å²) in [5.41, 5.74) is 1.70. The van der Waals surface area contributed by atoms with Gasteiger partial charge in [-0.1, -0.05) is 43.3 Å². The standard InChI is InChI=1S/C20H22ClN5OS/c1-14(2)12-26-18(11-23-19(27)16-4-3-5-17(21)10-16)24-25-20(26)28-13-15-6-8-22-9-7-15/h3-10,14H,11-13H2,1-2H3,(H,23,27). The van der Waals surface area contributed by atoms with E-state index in [-0.39, 0.29) is 5.91 Å². The maximum atomic E-state index is 12.4. The van der Waals surface area contributed by atoms with Crippen LogP contribution < -0.4 is 5.32 Å². The zero-order valence-electron chi connectivity index (χ0n) is 15.8. The fraction of sp³-hybridized carbons (Fsp3) is 0.300. The Morgan fingerprint density at radius 1 is 1.21 bits per heavy atom. The summed E-state index contributed by atoms with van der Waals surface area (Å²) in [6, 6.07) is 10.8. The first-order valence-electron chi connectivity index (χ1n) is 9.00. The van der Waals surface area contributed by atoms with Gasteiger partial charge in [0.2, 0.25) is 0 Å². The van der Waals surface area contributed by atoms with Crippen molar-refractivity contribution in [3.8, 4) is 0 Å². The van der Waals surface area contributed by atoms with Crippen LogP contribution >= 0.6 is 23.4 Å². The number of aromatic nitrogens is 4. The van der Waals surface area contributed by atoms with Gasteiger partial charge in [0.15, 0.2) is 11.0 Å². The maximum absolute atomic E-state index is 12.4. The molecular formula is C20H22ClN5OS. The predicted octanol–water partition coefficient (Wildman–Crippen LogP) is 4.20. The fourth-order valence-corrected chi connectivity index (χ4v) is 3.74. The lowest BCUT2D eigenvalue weighted by Gasteiger charge is -2.13. The number of thioether (sulfide) groups is 1. The number of nitrogens with one attached hydrogen (secondary N) is 1. The molecule has 2 aromatic heterocycles. The Balaban J connectivity index is 1.69. The van der Waals surface area contributed by atoms with Gasteiger partial charge in [-0.3, -0.25) is 9.78 Å². The molecule has 0 aliphatic heterocycles. The van der Waals surface area contributed by atoms with E-state index in [9.17, 15) is 4.79 Å². The normalized spacial score (nSPS) is 11.0. The van der Waals surface area contributed by atoms with Gasteiger partial charge in [0.05, 0.1) is 6.54 Å². The van der Waals surface area contributed by atoms with Gasteiger partial charge in [-0.05, 0) is 41.8 Å².